The van der Waals surface area contributed by atoms with Gasteiger partial charge in [0.2, 0.25) is 0 Å². The maximum absolute atomic E-state index is 12.5. The van der Waals surface area contributed by atoms with Crippen molar-refractivity contribution in [3.63, 3.8) is 0 Å². The van der Waals surface area contributed by atoms with Crippen LogP contribution in [-0.2, 0) is 26.5 Å². The van der Waals surface area contributed by atoms with Crippen molar-refractivity contribution >= 4 is 49.6 Å². The number of carbonyl (C=O) groups excluding carboxylic acids is 3. The first-order valence-corrected chi connectivity index (χ1v) is 21.3. The molecule has 5 amide bonds. The number of ether oxygens (including phenoxy) is 1. The number of nitrogens with zero attached hydrogens (tertiary/aromatic N) is 1. The Kier molecular flexibility index (Phi) is 16.0. The second-order valence-electron chi connectivity index (χ2n) is 13.2. The number of hydrogen-bond acceptors (Lipinski definition) is 9. The Labute approximate surface area is 322 Å². The Hall–Kier alpha value is -4.38. The summed E-state index contributed by atoms with van der Waals surface area (Å²) in [6.07, 6.45) is 9.72. The van der Waals surface area contributed by atoms with Gasteiger partial charge in [0.05, 0.1) is 22.5 Å². The van der Waals surface area contributed by atoms with Gasteiger partial charge in [-0.05, 0) is 87.1 Å². The van der Waals surface area contributed by atoms with Gasteiger partial charge in [0.15, 0.2) is 0 Å². The van der Waals surface area contributed by atoms with E-state index < -0.39 is 32.1 Å². The van der Waals surface area contributed by atoms with Crippen LogP contribution in [0.4, 0.5) is 9.59 Å². The lowest BCUT2D eigenvalue weighted by atomic mass is 9.96. The first kappa shape index (κ1) is 42.4. The summed E-state index contributed by atoms with van der Waals surface area (Å²) in [6.45, 7) is 3.70. The number of sulfonamides is 2. The van der Waals surface area contributed by atoms with Crippen molar-refractivity contribution in [3.8, 4) is 5.75 Å². The molecule has 14 nitrogen and oxygen atoms in total. The molecule has 3 aromatic carbocycles. The fraction of sp³-hybridized carbons (Fsp3) is 0.432. The van der Waals surface area contributed by atoms with E-state index in [2.05, 4.69) is 20.8 Å². The molecule has 0 spiro atoms. The second-order valence-corrected chi connectivity index (χ2v) is 17.0. The summed E-state index contributed by atoms with van der Waals surface area (Å²) in [6, 6.07) is 15.9. The molecule has 2 fully saturated rings. The number of methoxy groups -OCH3 is 1. The van der Waals surface area contributed by atoms with Crippen LogP contribution in [0.2, 0.25) is 5.02 Å². The fourth-order valence-electron chi connectivity index (χ4n) is 6.00. The molecule has 17 heteroatoms. The number of aryl methyl sites for hydroxylation is 1. The molecule has 54 heavy (non-hydrogen) atoms. The van der Waals surface area contributed by atoms with Crippen molar-refractivity contribution < 1.29 is 36.0 Å². The molecule has 294 valence electrons. The van der Waals surface area contributed by atoms with Crippen LogP contribution in [-0.4, -0.2) is 72.6 Å². The van der Waals surface area contributed by atoms with E-state index in [0.717, 1.165) is 82.0 Å². The zero-order valence-electron chi connectivity index (χ0n) is 30.5. The average molecular weight is 805 g/mol. The van der Waals surface area contributed by atoms with Crippen molar-refractivity contribution in [2.75, 3.05) is 26.7 Å². The first-order valence-electron chi connectivity index (χ1n) is 17.9. The van der Waals surface area contributed by atoms with E-state index in [1.807, 2.05) is 11.6 Å². The number of carbonyl (C=O) groups is 3. The zero-order chi connectivity index (χ0) is 39.1. The maximum atomic E-state index is 12.5. The van der Waals surface area contributed by atoms with E-state index >= 15 is 0 Å². The van der Waals surface area contributed by atoms with Crippen molar-refractivity contribution in [1.29, 1.82) is 0 Å². The number of benzene rings is 3. The van der Waals surface area contributed by atoms with E-state index in [-0.39, 0.29) is 21.7 Å². The molecular weight excluding hydrogens is 756 g/mol. The predicted molar refractivity (Wildman–Crippen MR) is 206 cm³/mol. The molecule has 1 heterocycles. The number of rotatable bonds is 11. The molecule has 1 saturated carbocycles. The number of nitrogens with one attached hydrogen (secondary N) is 5. The second kappa shape index (κ2) is 20.3. The summed E-state index contributed by atoms with van der Waals surface area (Å²) in [5.74, 6) is 0.105. The first-order chi connectivity index (χ1) is 25.8. The highest BCUT2D eigenvalue weighted by Crippen LogP contribution is 2.23. The molecule has 2 aliphatic rings. The minimum atomic E-state index is -3.97. The molecule has 0 radical (unpaired) electrons. The van der Waals surface area contributed by atoms with Crippen molar-refractivity contribution in [2.45, 2.75) is 87.0 Å². The molecule has 0 bridgehead atoms. The Morgan fingerprint density at radius 3 is 1.91 bits per heavy atom. The summed E-state index contributed by atoms with van der Waals surface area (Å²) >= 11 is 5.96. The molecule has 5 rings (SSSR count). The third kappa shape index (κ3) is 13.5. The highest BCUT2D eigenvalue weighted by molar-refractivity contribution is 7.90. The molecule has 3 aromatic rings. The largest absolute Gasteiger partial charge is 0.496 e. The van der Waals surface area contributed by atoms with E-state index in [1.165, 1.54) is 37.4 Å². The van der Waals surface area contributed by atoms with Crippen molar-refractivity contribution in [3.05, 3.63) is 88.4 Å². The highest BCUT2D eigenvalue weighted by Gasteiger charge is 2.22. The summed E-state index contributed by atoms with van der Waals surface area (Å²) in [5.41, 5.74) is 4.73. The van der Waals surface area contributed by atoms with Gasteiger partial charge in [-0.2, -0.15) is 0 Å². The lowest BCUT2D eigenvalue weighted by molar-refractivity contribution is 0.0951. The monoisotopic (exact) mass is 804 g/mol. The summed E-state index contributed by atoms with van der Waals surface area (Å²) in [7, 11) is -6.32. The van der Waals surface area contributed by atoms with E-state index in [0.29, 0.717) is 29.3 Å². The van der Waals surface area contributed by atoms with Crippen LogP contribution in [0.5, 0.6) is 5.75 Å². The van der Waals surface area contributed by atoms with E-state index in [4.69, 9.17) is 16.3 Å². The third-order valence-corrected chi connectivity index (χ3v) is 11.9. The van der Waals surface area contributed by atoms with Crippen LogP contribution in [0.1, 0.15) is 79.3 Å². The lowest BCUT2D eigenvalue weighted by Gasteiger charge is -2.22. The average Bonchev–Trinajstić information content (AvgIpc) is 3.40. The summed E-state index contributed by atoms with van der Waals surface area (Å²) in [4.78, 5) is 36.4. The zero-order valence-corrected chi connectivity index (χ0v) is 32.9. The van der Waals surface area contributed by atoms with Crippen molar-refractivity contribution in [2.24, 2.45) is 0 Å². The molecule has 1 aliphatic heterocycles. The van der Waals surface area contributed by atoms with Gasteiger partial charge < -0.3 is 15.4 Å². The van der Waals surface area contributed by atoms with Gasteiger partial charge in [0, 0.05) is 30.7 Å². The summed E-state index contributed by atoms with van der Waals surface area (Å²) < 4.78 is 58.4. The molecule has 0 unspecified atom stereocenters. The number of halogens is 1. The van der Waals surface area contributed by atoms with Gasteiger partial charge in [0.25, 0.3) is 26.0 Å². The fourth-order valence-corrected chi connectivity index (χ4v) is 7.99. The van der Waals surface area contributed by atoms with Gasteiger partial charge in [0.1, 0.15) is 5.75 Å². The molecule has 0 aromatic heterocycles. The topological polar surface area (TPSA) is 192 Å². The maximum Gasteiger partial charge on any atom is 0.343 e. The minimum absolute atomic E-state index is 0.00209. The Bertz CT molecular complexity index is 1930. The molecule has 5 N–H and O–H groups in total. The molecule has 1 aliphatic carbocycles. The van der Waals surface area contributed by atoms with Crippen LogP contribution in [0.3, 0.4) is 0 Å². The third-order valence-electron chi connectivity index (χ3n) is 8.93. The highest BCUT2D eigenvalue weighted by atomic mass is 35.5. The Balaban J connectivity index is 0.000000266. The molecule has 1 saturated heterocycles. The number of hydrogen-bond donors (Lipinski definition) is 5. The standard InChI is InChI=1S/C23H28ClN3O5S.C14H21N3O3S/c1-32-21-12-9-17(24)15-20(21)22(28)25-14-13-16-7-10-19(11-8-16)33(30,31)27-23(29)26-18-5-3-2-4-6-18;1-12-6-8-13(9-7-12)21(19,20)16-14(18)15-17-10-4-2-3-5-11-17/h7-12,15,18H,2-6,13-14H2,1H3,(H,25,28)(H2,26,27,29);6-9H,2-5,10-11H2,1H3,(H2,15,16,18). The Morgan fingerprint density at radius 2 is 1.31 bits per heavy atom. The number of urea groups is 2. The van der Waals surface area contributed by atoms with Crippen LogP contribution >= 0.6 is 11.6 Å². The lowest BCUT2D eigenvalue weighted by Crippen LogP contribution is -2.49. The minimum Gasteiger partial charge on any atom is -0.496 e. The molecular formula is C37H49ClN6O8S2. The normalized spacial score (nSPS) is 15.4. The van der Waals surface area contributed by atoms with Crippen LogP contribution in [0, 0.1) is 6.92 Å². The van der Waals surface area contributed by atoms with Gasteiger partial charge in [-0.25, -0.2) is 40.9 Å². The number of amides is 5. The van der Waals surface area contributed by atoms with Crippen LogP contribution in [0.25, 0.3) is 0 Å². The van der Waals surface area contributed by atoms with Gasteiger partial charge in [-0.1, -0.05) is 73.5 Å². The predicted octanol–water partition coefficient (Wildman–Crippen LogP) is 5.42. The molecule has 0 atom stereocenters. The van der Waals surface area contributed by atoms with Crippen LogP contribution in [0.15, 0.2) is 76.5 Å². The SMILES string of the molecule is COc1ccc(Cl)cc1C(=O)NCCc1ccc(S(=O)(=O)NC(=O)NC2CCCCC2)cc1.Cc1ccc(S(=O)(=O)NC(=O)NN2CCCCCC2)cc1. The number of hydrazine groups is 1. The van der Waals surface area contributed by atoms with E-state index in [9.17, 15) is 31.2 Å². The van der Waals surface area contributed by atoms with E-state index in [1.54, 1.807) is 41.4 Å². The summed E-state index contributed by atoms with van der Waals surface area (Å²) in [5, 5.41) is 7.73. The smallest absolute Gasteiger partial charge is 0.343 e. The van der Waals surface area contributed by atoms with Gasteiger partial charge >= 0.3 is 12.1 Å². The Morgan fingerprint density at radius 1 is 0.759 bits per heavy atom. The quantitative estimate of drug-likeness (QED) is 0.169. The van der Waals surface area contributed by atoms with Gasteiger partial charge in [-0.3, -0.25) is 10.2 Å². The van der Waals surface area contributed by atoms with Crippen LogP contribution < -0.4 is 30.2 Å². The van der Waals surface area contributed by atoms with Gasteiger partial charge in [-0.15, -0.1) is 0 Å². The van der Waals surface area contributed by atoms with Crippen molar-refractivity contribution in [1.82, 2.24) is 30.5 Å².